The summed E-state index contributed by atoms with van der Waals surface area (Å²) in [5.41, 5.74) is 7.23. The minimum absolute atomic E-state index is 0.0112. The van der Waals surface area contributed by atoms with Gasteiger partial charge in [0.15, 0.2) is 6.61 Å². The van der Waals surface area contributed by atoms with E-state index in [1.807, 2.05) is 26.0 Å². The average Bonchev–Trinajstić information content (AvgIpc) is 2.48. The largest absolute Gasteiger partial charge is 0.481 e. The number of carbonyl (C=O) groups excluding carboxylic acids is 1. The van der Waals surface area contributed by atoms with Gasteiger partial charge in [0.05, 0.1) is 0 Å². The Hall–Kier alpha value is -2.30. The summed E-state index contributed by atoms with van der Waals surface area (Å²) in [6.45, 7) is 5.26. The van der Waals surface area contributed by atoms with E-state index >= 15 is 0 Å². The van der Waals surface area contributed by atoms with Gasteiger partial charge in [-0.05, 0) is 38.1 Å². The van der Waals surface area contributed by atoms with E-state index in [2.05, 4.69) is 4.98 Å². The number of ether oxygens (including phenoxy) is 1. The second-order valence-corrected chi connectivity index (χ2v) is 4.41. The maximum atomic E-state index is 11.9. The number of hydrogen-bond acceptors (Lipinski definition) is 4. The molecule has 2 aromatic rings. The first-order chi connectivity index (χ1) is 9.67. The van der Waals surface area contributed by atoms with Crippen LogP contribution in [-0.4, -0.2) is 35.5 Å². The van der Waals surface area contributed by atoms with Crippen molar-refractivity contribution in [2.24, 2.45) is 0 Å². The standard InChI is InChI=1S/C15H19N3O2/c1-3-18(4-2)14(19)10-20-13-8-7-12(16)11-6-5-9-17-15(11)13/h5-9H,3-4,10,16H2,1-2H3. The Bertz CT molecular complexity index is 609. The Balaban J connectivity index is 2.19. The molecule has 0 saturated heterocycles. The molecule has 0 saturated carbocycles. The topological polar surface area (TPSA) is 68.5 Å². The van der Waals surface area contributed by atoms with Gasteiger partial charge in [-0.2, -0.15) is 0 Å². The molecule has 2 rings (SSSR count). The van der Waals surface area contributed by atoms with E-state index in [4.69, 9.17) is 10.5 Å². The molecule has 0 spiro atoms. The van der Waals surface area contributed by atoms with Crippen LogP contribution in [-0.2, 0) is 4.79 Å². The number of benzene rings is 1. The molecule has 1 heterocycles. The van der Waals surface area contributed by atoms with Crippen LogP contribution in [0.1, 0.15) is 13.8 Å². The maximum Gasteiger partial charge on any atom is 0.260 e. The summed E-state index contributed by atoms with van der Waals surface area (Å²) in [5.74, 6) is 0.547. The molecule has 2 N–H and O–H groups in total. The lowest BCUT2D eigenvalue weighted by atomic mass is 10.2. The van der Waals surface area contributed by atoms with Gasteiger partial charge in [-0.3, -0.25) is 9.78 Å². The van der Waals surface area contributed by atoms with Gasteiger partial charge in [0.2, 0.25) is 0 Å². The van der Waals surface area contributed by atoms with Gasteiger partial charge >= 0.3 is 0 Å². The molecule has 1 amide bonds. The monoisotopic (exact) mass is 273 g/mol. The quantitative estimate of drug-likeness (QED) is 0.847. The highest BCUT2D eigenvalue weighted by atomic mass is 16.5. The normalized spacial score (nSPS) is 10.5. The Morgan fingerprint density at radius 2 is 2.05 bits per heavy atom. The summed E-state index contributed by atoms with van der Waals surface area (Å²) in [6.07, 6.45) is 1.68. The molecule has 0 aliphatic rings. The predicted molar refractivity (Wildman–Crippen MR) is 79.6 cm³/mol. The number of amides is 1. The highest BCUT2D eigenvalue weighted by molar-refractivity contribution is 5.94. The number of fused-ring (bicyclic) bond motifs is 1. The van der Waals surface area contributed by atoms with Crippen molar-refractivity contribution < 1.29 is 9.53 Å². The van der Waals surface area contributed by atoms with Crippen molar-refractivity contribution in [3.63, 3.8) is 0 Å². The first kappa shape index (κ1) is 14.1. The molecular weight excluding hydrogens is 254 g/mol. The number of carbonyl (C=O) groups is 1. The lowest BCUT2D eigenvalue weighted by molar-refractivity contribution is -0.132. The minimum atomic E-state index is -0.0316. The zero-order valence-electron chi connectivity index (χ0n) is 11.8. The summed E-state index contributed by atoms with van der Waals surface area (Å²) in [7, 11) is 0. The fraction of sp³-hybridized carbons (Fsp3) is 0.333. The molecule has 0 bridgehead atoms. The van der Waals surface area contributed by atoms with E-state index in [0.717, 1.165) is 5.39 Å². The van der Waals surface area contributed by atoms with Crippen LogP contribution in [0.3, 0.4) is 0 Å². The first-order valence-corrected chi connectivity index (χ1v) is 6.71. The number of pyridine rings is 1. The van der Waals surface area contributed by atoms with Crippen molar-refractivity contribution in [1.29, 1.82) is 0 Å². The van der Waals surface area contributed by atoms with E-state index in [-0.39, 0.29) is 12.5 Å². The van der Waals surface area contributed by atoms with Crippen LogP contribution < -0.4 is 10.5 Å². The fourth-order valence-electron chi connectivity index (χ4n) is 2.09. The van der Waals surface area contributed by atoms with Gasteiger partial charge in [0, 0.05) is 30.4 Å². The van der Waals surface area contributed by atoms with Gasteiger partial charge in [-0.1, -0.05) is 0 Å². The Labute approximate surface area is 118 Å². The third-order valence-electron chi connectivity index (χ3n) is 3.23. The SMILES string of the molecule is CCN(CC)C(=O)COc1ccc(N)c2cccnc12. The molecule has 5 heteroatoms. The summed E-state index contributed by atoms with van der Waals surface area (Å²) < 4.78 is 5.61. The number of aromatic nitrogens is 1. The van der Waals surface area contributed by atoms with Crippen molar-refractivity contribution in [3.8, 4) is 5.75 Å². The summed E-state index contributed by atoms with van der Waals surface area (Å²) in [4.78, 5) is 17.9. The van der Waals surface area contributed by atoms with E-state index in [9.17, 15) is 4.79 Å². The molecule has 0 unspecified atom stereocenters. The number of nitrogens with zero attached hydrogens (tertiary/aromatic N) is 2. The second kappa shape index (κ2) is 6.23. The van der Waals surface area contributed by atoms with Crippen LogP contribution in [0.4, 0.5) is 5.69 Å². The average molecular weight is 273 g/mol. The Kier molecular flexibility index (Phi) is 4.40. The molecule has 0 fully saturated rings. The highest BCUT2D eigenvalue weighted by Crippen LogP contribution is 2.27. The van der Waals surface area contributed by atoms with Gasteiger partial charge in [0.25, 0.3) is 5.91 Å². The number of likely N-dealkylation sites (N-methyl/N-ethyl adjacent to an activating group) is 1. The van der Waals surface area contributed by atoms with Crippen LogP contribution in [0.2, 0.25) is 0 Å². The van der Waals surface area contributed by atoms with Crippen molar-refractivity contribution >= 4 is 22.5 Å². The summed E-state index contributed by atoms with van der Waals surface area (Å²) in [5, 5.41) is 0.834. The number of hydrogen-bond donors (Lipinski definition) is 1. The predicted octanol–water partition coefficient (Wildman–Crippen LogP) is 2.06. The third kappa shape index (κ3) is 2.82. The lowest BCUT2D eigenvalue weighted by Gasteiger charge is -2.19. The van der Waals surface area contributed by atoms with Gasteiger partial charge < -0.3 is 15.4 Å². The number of nitrogens with two attached hydrogens (primary N) is 1. The van der Waals surface area contributed by atoms with Gasteiger partial charge in [0.1, 0.15) is 11.3 Å². The molecular formula is C15H19N3O2. The molecule has 106 valence electrons. The van der Waals surface area contributed by atoms with Crippen LogP contribution in [0.15, 0.2) is 30.5 Å². The number of nitrogen functional groups attached to an aromatic ring is 1. The first-order valence-electron chi connectivity index (χ1n) is 6.71. The molecule has 0 atom stereocenters. The Morgan fingerprint density at radius 1 is 1.30 bits per heavy atom. The van der Waals surface area contributed by atoms with Crippen molar-refractivity contribution in [3.05, 3.63) is 30.5 Å². The third-order valence-corrected chi connectivity index (χ3v) is 3.23. The van der Waals surface area contributed by atoms with Gasteiger partial charge in [-0.15, -0.1) is 0 Å². The maximum absolute atomic E-state index is 11.9. The molecule has 1 aromatic heterocycles. The van der Waals surface area contributed by atoms with Crippen molar-refractivity contribution in [2.45, 2.75) is 13.8 Å². The van der Waals surface area contributed by atoms with Crippen LogP contribution in [0.25, 0.3) is 10.9 Å². The van der Waals surface area contributed by atoms with E-state index in [1.165, 1.54) is 0 Å². The van der Waals surface area contributed by atoms with E-state index in [0.29, 0.717) is 30.0 Å². The van der Waals surface area contributed by atoms with Crippen LogP contribution in [0.5, 0.6) is 5.75 Å². The molecule has 5 nitrogen and oxygen atoms in total. The smallest absolute Gasteiger partial charge is 0.260 e. The summed E-state index contributed by atoms with van der Waals surface area (Å²) in [6, 6.07) is 7.22. The molecule has 1 aromatic carbocycles. The zero-order valence-corrected chi connectivity index (χ0v) is 11.8. The minimum Gasteiger partial charge on any atom is -0.481 e. The van der Waals surface area contributed by atoms with Crippen molar-refractivity contribution in [2.75, 3.05) is 25.4 Å². The second-order valence-electron chi connectivity index (χ2n) is 4.41. The van der Waals surface area contributed by atoms with Gasteiger partial charge in [-0.25, -0.2) is 0 Å². The number of anilines is 1. The fourth-order valence-corrected chi connectivity index (χ4v) is 2.09. The zero-order chi connectivity index (χ0) is 14.5. The molecule has 0 aliphatic carbocycles. The van der Waals surface area contributed by atoms with E-state index < -0.39 is 0 Å². The Morgan fingerprint density at radius 3 is 2.75 bits per heavy atom. The number of rotatable bonds is 5. The molecule has 20 heavy (non-hydrogen) atoms. The lowest BCUT2D eigenvalue weighted by Crippen LogP contribution is -2.34. The van der Waals surface area contributed by atoms with Crippen LogP contribution >= 0.6 is 0 Å². The molecule has 0 aliphatic heterocycles. The van der Waals surface area contributed by atoms with Crippen LogP contribution in [0, 0.1) is 0 Å². The van der Waals surface area contributed by atoms with E-state index in [1.54, 1.807) is 23.2 Å². The molecule has 0 radical (unpaired) electrons. The summed E-state index contributed by atoms with van der Waals surface area (Å²) >= 11 is 0. The highest BCUT2D eigenvalue weighted by Gasteiger charge is 2.12. The van der Waals surface area contributed by atoms with Crippen molar-refractivity contribution in [1.82, 2.24) is 9.88 Å².